The number of halogens is 5. The number of rotatable bonds is 3. The topological polar surface area (TPSA) is 34.1 Å². The van der Waals surface area contributed by atoms with E-state index in [9.17, 15) is 21.6 Å². The van der Waals surface area contributed by atoms with Gasteiger partial charge in [-0.3, -0.25) is 0 Å². The molecule has 198 valence electrons. The van der Waals surface area contributed by atoms with Crippen LogP contribution in [0.4, 0.5) is 13.2 Å². The molecule has 1 aliphatic carbocycles. The quantitative estimate of drug-likeness (QED) is 0.186. The van der Waals surface area contributed by atoms with Crippen molar-refractivity contribution in [3.63, 3.8) is 0 Å². The van der Waals surface area contributed by atoms with Gasteiger partial charge >= 0.3 is 6.18 Å². The summed E-state index contributed by atoms with van der Waals surface area (Å²) in [4.78, 5) is -0.358. The van der Waals surface area contributed by atoms with Gasteiger partial charge in [0, 0.05) is 9.50 Å². The van der Waals surface area contributed by atoms with E-state index in [1.54, 1.807) is 12.1 Å². The molecular weight excluding hydrogens is 609 g/mol. The Balaban J connectivity index is 1.60. The fraction of sp³-hybridized carbons (Fsp3) is 0.161. The standard InChI is InChI=1S/C31H21BrClF3O2S/c32-27-14-9-22(31(34,35)36)17-28(27)39(37,38)29-16-21(18-5-10-23(33)11-6-18)15-20-8-12-25-24-4-2-1-3-19(24)7-13-26(25)30(20)29/h1-14,17,21,29H,15-16H2. The summed E-state index contributed by atoms with van der Waals surface area (Å²) in [6, 6.07) is 25.9. The summed E-state index contributed by atoms with van der Waals surface area (Å²) in [6.07, 6.45) is -3.84. The molecule has 0 bridgehead atoms. The maximum absolute atomic E-state index is 14.4. The zero-order chi connectivity index (χ0) is 27.5. The van der Waals surface area contributed by atoms with Gasteiger partial charge in [0.2, 0.25) is 0 Å². The molecular formula is C31H21BrClF3O2S. The second-order valence-electron chi connectivity index (χ2n) is 9.89. The Kier molecular flexibility index (Phi) is 6.52. The lowest BCUT2D eigenvalue weighted by Gasteiger charge is -2.33. The minimum Gasteiger partial charge on any atom is -0.223 e. The molecule has 8 heteroatoms. The van der Waals surface area contributed by atoms with E-state index < -0.39 is 26.8 Å². The summed E-state index contributed by atoms with van der Waals surface area (Å²) >= 11 is 9.33. The van der Waals surface area contributed by atoms with Crippen molar-refractivity contribution in [2.75, 3.05) is 0 Å². The van der Waals surface area contributed by atoms with E-state index in [1.807, 2.05) is 60.7 Å². The van der Waals surface area contributed by atoms with Gasteiger partial charge < -0.3 is 0 Å². The number of hydrogen-bond acceptors (Lipinski definition) is 2. The molecule has 0 fully saturated rings. The molecule has 6 rings (SSSR count). The highest BCUT2D eigenvalue weighted by atomic mass is 79.9. The van der Waals surface area contributed by atoms with Gasteiger partial charge in [0.15, 0.2) is 9.84 Å². The Morgan fingerprint density at radius 3 is 2.28 bits per heavy atom. The molecule has 0 aliphatic heterocycles. The average molecular weight is 630 g/mol. The molecule has 0 spiro atoms. The molecule has 0 aromatic heterocycles. The van der Waals surface area contributed by atoms with E-state index in [0.717, 1.165) is 50.9 Å². The second-order valence-corrected chi connectivity index (χ2v) is 13.3. The third kappa shape index (κ3) is 4.64. The van der Waals surface area contributed by atoms with E-state index in [4.69, 9.17) is 11.6 Å². The first-order valence-electron chi connectivity index (χ1n) is 12.3. The predicted octanol–water partition coefficient (Wildman–Crippen LogP) is 9.67. The molecule has 5 aromatic rings. The highest BCUT2D eigenvalue weighted by Crippen LogP contribution is 2.49. The molecule has 0 amide bonds. The molecule has 2 atom stereocenters. The highest BCUT2D eigenvalue weighted by molar-refractivity contribution is 9.10. The van der Waals surface area contributed by atoms with Crippen LogP contribution in [0, 0.1) is 0 Å². The van der Waals surface area contributed by atoms with Gasteiger partial charge in [-0.2, -0.15) is 13.2 Å². The van der Waals surface area contributed by atoms with E-state index in [0.29, 0.717) is 17.0 Å². The Labute approximate surface area is 237 Å². The van der Waals surface area contributed by atoms with Gasteiger partial charge in [-0.25, -0.2) is 8.42 Å². The van der Waals surface area contributed by atoms with Crippen LogP contribution in [-0.2, 0) is 22.4 Å². The zero-order valence-electron chi connectivity index (χ0n) is 20.3. The first kappa shape index (κ1) is 26.4. The molecule has 0 N–H and O–H groups in total. The van der Waals surface area contributed by atoms with Crippen LogP contribution in [0.3, 0.4) is 0 Å². The Bertz CT molecular complexity index is 1850. The van der Waals surface area contributed by atoms with Crippen molar-refractivity contribution >= 4 is 58.9 Å². The summed E-state index contributed by atoms with van der Waals surface area (Å²) in [5.74, 6) is -0.156. The van der Waals surface area contributed by atoms with Gasteiger partial charge in [0.1, 0.15) is 0 Å². The molecule has 2 nitrogen and oxygen atoms in total. The van der Waals surface area contributed by atoms with Crippen LogP contribution in [-0.4, -0.2) is 8.42 Å². The van der Waals surface area contributed by atoms with E-state index in [2.05, 4.69) is 15.9 Å². The predicted molar refractivity (Wildman–Crippen MR) is 153 cm³/mol. The van der Waals surface area contributed by atoms with Gasteiger partial charge in [0.05, 0.1) is 15.7 Å². The maximum atomic E-state index is 14.4. The smallest absolute Gasteiger partial charge is 0.223 e. The van der Waals surface area contributed by atoms with Gasteiger partial charge in [-0.1, -0.05) is 72.3 Å². The average Bonchev–Trinajstić information content (AvgIpc) is 2.91. The summed E-state index contributed by atoms with van der Waals surface area (Å²) in [7, 11) is -4.26. The lowest BCUT2D eigenvalue weighted by atomic mass is 9.78. The number of benzene rings is 5. The zero-order valence-corrected chi connectivity index (χ0v) is 23.5. The van der Waals surface area contributed by atoms with Gasteiger partial charge in [0.25, 0.3) is 0 Å². The van der Waals surface area contributed by atoms with Crippen LogP contribution in [0.2, 0.25) is 5.02 Å². The Hall–Kier alpha value is -2.87. The van der Waals surface area contributed by atoms with Crippen molar-refractivity contribution in [1.29, 1.82) is 0 Å². The lowest BCUT2D eigenvalue weighted by Crippen LogP contribution is -2.25. The van der Waals surface area contributed by atoms with Crippen molar-refractivity contribution in [3.05, 3.63) is 123 Å². The molecule has 0 saturated carbocycles. The van der Waals surface area contributed by atoms with Gasteiger partial charge in [-0.05, 0) is 103 Å². The Morgan fingerprint density at radius 1 is 0.821 bits per heavy atom. The van der Waals surface area contributed by atoms with Gasteiger partial charge in [-0.15, -0.1) is 0 Å². The lowest BCUT2D eigenvalue weighted by molar-refractivity contribution is -0.137. The van der Waals surface area contributed by atoms with Crippen LogP contribution in [0.5, 0.6) is 0 Å². The fourth-order valence-electron chi connectivity index (χ4n) is 5.76. The largest absolute Gasteiger partial charge is 0.416 e. The first-order chi connectivity index (χ1) is 18.5. The molecule has 39 heavy (non-hydrogen) atoms. The monoisotopic (exact) mass is 628 g/mol. The third-order valence-electron chi connectivity index (χ3n) is 7.63. The molecule has 5 aromatic carbocycles. The van der Waals surface area contributed by atoms with E-state index in [1.165, 1.54) is 0 Å². The summed E-state index contributed by atoms with van der Waals surface area (Å²) in [5.41, 5.74) is 1.47. The Morgan fingerprint density at radius 2 is 1.54 bits per heavy atom. The number of alkyl halides is 3. The fourth-order valence-corrected chi connectivity index (χ4v) is 8.82. The van der Waals surface area contributed by atoms with Crippen molar-refractivity contribution in [1.82, 2.24) is 0 Å². The number of fused-ring (bicyclic) bond motifs is 5. The molecule has 0 heterocycles. The van der Waals surface area contributed by atoms with Crippen LogP contribution < -0.4 is 0 Å². The van der Waals surface area contributed by atoms with Crippen LogP contribution in [0.1, 0.15) is 39.8 Å². The van der Waals surface area contributed by atoms with Crippen molar-refractivity contribution in [2.45, 2.75) is 35.1 Å². The third-order valence-corrected chi connectivity index (χ3v) is 11.0. The molecule has 1 aliphatic rings. The van der Waals surface area contributed by atoms with Crippen LogP contribution in [0.25, 0.3) is 21.5 Å². The maximum Gasteiger partial charge on any atom is 0.416 e. The van der Waals surface area contributed by atoms with E-state index >= 15 is 0 Å². The van der Waals surface area contributed by atoms with Crippen molar-refractivity contribution in [3.8, 4) is 0 Å². The number of hydrogen-bond donors (Lipinski definition) is 0. The minimum absolute atomic E-state index is 0.108. The summed E-state index contributed by atoms with van der Waals surface area (Å²) in [5, 5.41) is 3.27. The van der Waals surface area contributed by atoms with Crippen molar-refractivity contribution in [2.24, 2.45) is 0 Å². The van der Waals surface area contributed by atoms with Crippen molar-refractivity contribution < 1.29 is 21.6 Å². The SMILES string of the molecule is O=S(=O)(c1cc(C(F)(F)F)ccc1Br)C1CC(c2ccc(Cl)cc2)Cc2ccc3c(ccc4ccccc43)c21. The van der Waals surface area contributed by atoms with Crippen LogP contribution >= 0.6 is 27.5 Å². The molecule has 2 unspecified atom stereocenters. The van der Waals surface area contributed by atoms with Crippen LogP contribution in [0.15, 0.2) is 100 Å². The summed E-state index contributed by atoms with van der Waals surface area (Å²) in [6.45, 7) is 0. The first-order valence-corrected chi connectivity index (χ1v) is 15.0. The normalized spacial score (nSPS) is 17.9. The summed E-state index contributed by atoms with van der Waals surface area (Å²) < 4.78 is 69.7. The highest BCUT2D eigenvalue weighted by Gasteiger charge is 2.41. The molecule has 0 saturated heterocycles. The minimum atomic E-state index is -4.67. The van der Waals surface area contributed by atoms with E-state index in [-0.39, 0.29) is 21.7 Å². The second kappa shape index (κ2) is 9.65. The molecule has 0 radical (unpaired) electrons. The number of sulfone groups is 1.